The average Bonchev–Trinajstić information content (AvgIpc) is 2.91. The van der Waals surface area contributed by atoms with Gasteiger partial charge in [-0.05, 0) is 192 Å². The minimum atomic E-state index is -0.169. The van der Waals surface area contributed by atoms with Crippen LogP contribution >= 0.6 is 0 Å². The van der Waals surface area contributed by atoms with Gasteiger partial charge in [-0.3, -0.25) is 0 Å². The van der Waals surface area contributed by atoms with E-state index in [1.807, 2.05) is 0 Å². The Morgan fingerprint density at radius 1 is 0.265 bits per heavy atom. The molecule has 2 aliphatic rings. The first kappa shape index (κ1) is 48.8. The van der Waals surface area contributed by atoms with E-state index in [0.717, 1.165) is 0 Å². The van der Waals surface area contributed by atoms with Gasteiger partial charge in [0.15, 0.2) is 0 Å². The summed E-state index contributed by atoms with van der Waals surface area (Å²) in [5.74, 6) is 0. The number of para-hydroxylation sites is 3. The lowest BCUT2D eigenvalue weighted by Crippen LogP contribution is -2.15. The van der Waals surface area contributed by atoms with E-state index in [0.29, 0.717) is 0 Å². The van der Waals surface area contributed by atoms with Crippen molar-refractivity contribution in [3.05, 3.63) is 300 Å². The molecule has 0 saturated carbocycles. The fourth-order valence-corrected chi connectivity index (χ4v) is 14.1. The van der Waals surface area contributed by atoms with Crippen LogP contribution in [0.5, 0.6) is 0 Å². The molecule has 16 rings (SSSR count). The number of aryl methyl sites for hydroxylation is 1. The van der Waals surface area contributed by atoms with E-state index >= 15 is 0 Å². The quantitative estimate of drug-likeness (QED) is 0.134. The molecule has 0 bridgehead atoms. The van der Waals surface area contributed by atoms with E-state index < -0.39 is 0 Å². The number of hydrogen-bond acceptors (Lipinski definition) is 0. The van der Waals surface area contributed by atoms with Gasteiger partial charge in [0.1, 0.15) is 0 Å². The third kappa shape index (κ3) is 7.77. The zero-order chi connectivity index (χ0) is 55.7. The van der Waals surface area contributed by atoms with Crippen molar-refractivity contribution in [1.82, 2.24) is 9.13 Å². The molecule has 2 heterocycles. The second-order valence-corrected chi connectivity index (χ2v) is 24.2. The lowest BCUT2D eigenvalue weighted by atomic mass is 9.79. The Morgan fingerprint density at radius 2 is 0.578 bits per heavy atom. The Bertz CT molecular complexity index is 4980. The summed E-state index contributed by atoms with van der Waals surface area (Å²) < 4.78 is 4.77. The zero-order valence-corrected chi connectivity index (χ0v) is 47.4. The van der Waals surface area contributed by atoms with Crippen molar-refractivity contribution < 1.29 is 0 Å². The highest BCUT2D eigenvalue weighted by molar-refractivity contribution is 6.12. The van der Waals surface area contributed by atoms with Crippen molar-refractivity contribution in [2.45, 2.75) is 45.4 Å². The van der Waals surface area contributed by atoms with Gasteiger partial charge in [-0.1, -0.05) is 221 Å². The summed E-state index contributed by atoms with van der Waals surface area (Å²) in [5.41, 5.74) is 31.3. The van der Waals surface area contributed by atoms with E-state index in [9.17, 15) is 0 Å². The smallest absolute Gasteiger partial charge is 0.0541 e. The van der Waals surface area contributed by atoms with Gasteiger partial charge in [0.05, 0.1) is 22.1 Å². The van der Waals surface area contributed by atoms with Gasteiger partial charge >= 0.3 is 0 Å². The van der Waals surface area contributed by atoms with Crippen LogP contribution < -0.4 is 0 Å². The Morgan fingerprint density at radius 3 is 1.00 bits per heavy atom. The molecule has 0 fully saturated rings. The molecule has 2 nitrogen and oxygen atoms in total. The third-order valence-electron chi connectivity index (χ3n) is 18.6. The molecule has 2 aliphatic carbocycles. The Labute approximate surface area is 485 Å². The van der Waals surface area contributed by atoms with Crippen LogP contribution in [-0.4, -0.2) is 9.13 Å². The number of nitrogens with zero attached hydrogens (tertiary/aromatic N) is 2. The van der Waals surface area contributed by atoms with Gasteiger partial charge in [0.25, 0.3) is 0 Å². The van der Waals surface area contributed by atoms with E-state index in [2.05, 4.69) is 317 Å². The second-order valence-electron chi connectivity index (χ2n) is 24.2. The van der Waals surface area contributed by atoms with Crippen LogP contribution in [0.25, 0.3) is 134 Å². The SMILES string of the molecule is Cc1ccc(-n2c3ccccc3c3cc(-c4ccc5c(c4)C(C)(C)c4cc(-c6ccc7c(c6)C(C)(C)c6cc(-c8ccc(C=Cc9ccc(-c%10ccc%11c(c%10)c%10ccccc%10n%11-c%10ccccc%10)cc9)cc8)ccc6-7)ccc4-5)ccc32)cc1. The zero-order valence-electron chi connectivity index (χ0n) is 47.4. The maximum atomic E-state index is 2.47. The first-order chi connectivity index (χ1) is 40.5. The fraction of sp³-hybridized carbons (Fsp3) is 0.0864. The molecule has 2 heteroatoms. The van der Waals surface area contributed by atoms with Crippen molar-refractivity contribution in [2.24, 2.45) is 0 Å². The first-order valence-corrected chi connectivity index (χ1v) is 29.2. The molecule has 0 amide bonds. The van der Waals surface area contributed by atoms with Gasteiger partial charge in [-0.15, -0.1) is 0 Å². The van der Waals surface area contributed by atoms with E-state index in [1.165, 1.54) is 161 Å². The maximum absolute atomic E-state index is 2.47. The molecule has 0 saturated heterocycles. The lowest BCUT2D eigenvalue weighted by Gasteiger charge is -2.24. The van der Waals surface area contributed by atoms with Crippen molar-refractivity contribution in [2.75, 3.05) is 0 Å². The predicted octanol–water partition coefficient (Wildman–Crippen LogP) is 21.6. The number of aromatic nitrogens is 2. The minimum Gasteiger partial charge on any atom is -0.309 e. The minimum absolute atomic E-state index is 0.161. The molecule has 2 aromatic heterocycles. The van der Waals surface area contributed by atoms with Crippen LogP contribution in [0, 0.1) is 6.92 Å². The standard InChI is InChI=1S/C81H60N2/c1-51-19-37-63(38-20-51)83-77-18-12-10-16-69(77)71-46-57(36-44-79(71)83)59-32-40-65-67-42-34-61(50-75(67)81(4,5)73(65)48-59)60-33-41-66-64-39-31-58(47-72(64)80(2,3)74(66)49-60)55-29-25-53(26-30-55)22-21-52-23-27-54(28-24-52)56-35-43-78-70(45-56)68-15-9-11-17-76(68)82(78)62-13-7-6-8-14-62/h6-50H,1-5H3. The van der Waals surface area contributed by atoms with Crippen molar-refractivity contribution >= 4 is 55.8 Å². The van der Waals surface area contributed by atoms with Crippen molar-refractivity contribution in [3.8, 4) is 78.1 Å². The molecule has 0 unspecified atom stereocenters. The third-order valence-corrected chi connectivity index (χ3v) is 18.6. The molecule has 14 aromatic rings. The summed E-state index contributed by atoms with van der Waals surface area (Å²) >= 11 is 0. The first-order valence-electron chi connectivity index (χ1n) is 29.2. The number of rotatable bonds is 8. The molecular weight excluding hydrogens is 1000 g/mol. The number of fused-ring (bicyclic) bond motifs is 12. The van der Waals surface area contributed by atoms with Crippen LogP contribution in [0.4, 0.5) is 0 Å². The average molecular weight is 1060 g/mol. The van der Waals surface area contributed by atoms with Crippen molar-refractivity contribution in [3.63, 3.8) is 0 Å². The molecule has 0 atom stereocenters. The van der Waals surface area contributed by atoms with Crippen LogP contribution in [0.3, 0.4) is 0 Å². The summed E-state index contributed by atoms with van der Waals surface area (Å²) in [4.78, 5) is 0. The topological polar surface area (TPSA) is 9.86 Å². The highest BCUT2D eigenvalue weighted by atomic mass is 15.0. The van der Waals surface area contributed by atoms with Gasteiger partial charge in [0.2, 0.25) is 0 Å². The molecule has 0 radical (unpaired) electrons. The summed E-state index contributed by atoms with van der Waals surface area (Å²) in [6, 6.07) is 97.5. The second kappa shape index (κ2) is 18.5. The molecule has 0 spiro atoms. The van der Waals surface area contributed by atoms with Crippen LogP contribution in [-0.2, 0) is 10.8 Å². The highest BCUT2D eigenvalue weighted by Crippen LogP contribution is 2.53. The van der Waals surface area contributed by atoms with Gasteiger partial charge in [-0.25, -0.2) is 0 Å². The van der Waals surface area contributed by atoms with E-state index in [-0.39, 0.29) is 10.8 Å². The Balaban J connectivity index is 0.627. The molecule has 0 N–H and O–H groups in total. The van der Waals surface area contributed by atoms with Gasteiger partial charge < -0.3 is 9.13 Å². The number of hydrogen-bond donors (Lipinski definition) is 0. The van der Waals surface area contributed by atoms with Crippen LogP contribution in [0.1, 0.15) is 66.6 Å². The summed E-state index contributed by atoms with van der Waals surface area (Å²) in [5, 5.41) is 5.08. The largest absolute Gasteiger partial charge is 0.309 e. The summed E-state index contributed by atoms with van der Waals surface area (Å²) in [6.45, 7) is 11.8. The van der Waals surface area contributed by atoms with Gasteiger partial charge in [-0.2, -0.15) is 0 Å². The highest BCUT2D eigenvalue weighted by Gasteiger charge is 2.38. The Hall–Kier alpha value is -10.0. The molecular formula is C81H60N2. The van der Waals surface area contributed by atoms with Crippen LogP contribution in [0.15, 0.2) is 261 Å². The molecule has 394 valence electrons. The maximum Gasteiger partial charge on any atom is 0.0541 e. The molecule has 83 heavy (non-hydrogen) atoms. The monoisotopic (exact) mass is 1060 g/mol. The number of benzene rings is 12. The van der Waals surface area contributed by atoms with Crippen LogP contribution in [0.2, 0.25) is 0 Å². The molecule has 12 aromatic carbocycles. The summed E-state index contributed by atoms with van der Waals surface area (Å²) in [6.07, 6.45) is 4.43. The van der Waals surface area contributed by atoms with Gasteiger partial charge in [0, 0.05) is 43.7 Å². The Kier molecular flexibility index (Phi) is 10.9. The van der Waals surface area contributed by atoms with Crippen molar-refractivity contribution in [1.29, 1.82) is 0 Å². The van der Waals surface area contributed by atoms with E-state index in [1.54, 1.807) is 0 Å². The lowest BCUT2D eigenvalue weighted by molar-refractivity contribution is 0.660. The normalized spacial score (nSPS) is 13.7. The molecule has 0 aliphatic heterocycles. The summed E-state index contributed by atoms with van der Waals surface area (Å²) in [7, 11) is 0. The fourth-order valence-electron chi connectivity index (χ4n) is 14.1. The predicted molar refractivity (Wildman–Crippen MR) is 352 cm³/mol. The van der Waals surface area contributed by atoms with E-state index in [4.69, 9.17) is 0 Å².